The number of allylic oxidation sites excluding steroid dienone is 1. The molecule has 0 aliphatic carbocycles. The van der Waals surface area contributed by atoms with E-state index in [1.54, 1.807) is 6.20 Å². The predicted molar refractivity (Wildman–Crippen MR) is 76.2 cm³/mol. The Kier molecular flexibility index (Phi) is 7.11. The number of nitrogens with zero attached hydrogens (tertiary/aromatic N) is 1. The molecule has 3 nitrogen and oxygen atoms in total. The SMILES string of the molecule is CCCC[C@H](/C=C/C(C)C)ONc1ccccn1. The summed E-state index contributed by atoms with van der Waals surface area (Å²) in [6, 6.07) is 5.71. The van der Waals surface area contributed by atoms with Crippen LogP contribution >= 0.6 is 0 Å². The molecule has 100 valence electrons. The van der Waals surface area contributed by atoms with Gasteiger partial charge in [-0.3, -0.25) is 4.84 Å². The first-order chi connectivity index (χ1) is 8.72. The first-order valence-electron chi connectivity index (χ1n) is 6.73. The average molecular weight is 248 g/mol. The number of anilines is 1. The lowest BCUT2D eigenvalue weighted by atomic mass is 10.1. The van der Waals surface area contributed by atoms with Crippen LogP contribution in [0.4, 0.5) is 5.82 Å². The Balaban J connectivity index is 2.45. The molecule has 0 saturated carbocycles. The van der Waals surface area contributed by atoms with Gasteiger partial charge in [0.2, 0.25) is 0 Å². The van der Waals surface area contributed by atoms with Crippen LogP contribution in [-0.2, 0) is 4.84 Å². The zero-order chi connectivity index (χ0) is 13.2. The van der Waals surface area contributed by atoms with Crippen LogP contribution < -0.4 is 5.48 Å². The first-order valence-corrected chi connectivity index (χ1v) is 6.73. The Morgan fingerprint density at radius 2 is 2.17 bits per heavy atom. The second-order valence-electron chi connectivity index (χ2n) is 4.74. The molecule has 0 radical (unpaired) electrons. The number of nitrogens with one attached hydrogen (secondary N) is 1. The van der Waals surface area contributed by atoms with Crippen LogP contribution in [0.3, 0.4) is 0 Å². The van der Waals surface area contributed by atoms with Crippen LogP contribution in [0.5, 0.6) is 0 Å². The van der Waals surface area contributed by atoms with E-state index in [1.807, 2.05) is 18.2 Å². The summed E-state index contributed by atoms with van der Waals surface area (Å²) in [6.45, 7) is 6.52. The van der Waals surface area contributed by atoms with Crippen molar-refractivity contribution >= 4 is 5.82 Å². The smallest absolute Gasteiger partial charge is 0.149 e. The molecule has 0 bridgehead atoms. The summed E-state index contributed by atoms with van der Waals surface area (Å²) in [6.07, 6.45) is 9.54. The van der Waals surface area contributed by atoms with E-state index in [9.17, 15) is 0 Å². The maximum atomic E-state index is 5.68. The van der Waals surface area contributed by atoms with Crippen LogP contribution in [0.1, 0.15) is 40.0 Å². The summed E-state index contributed by atoms with van der Waals surface area (Å²) < 4.78 is 0. The summed E-state index contributed by atoms with van der Waals surface area (Å²) >= 11 is 0. The van der Waals surface area contributed by atoms with Gasteiger partial charge in [0.05, 0.1) is 0 Å². The number of hydrogen-bond donors (Lipinski definition) is 1. The first kappa shape index (κ1) is 14.7. The summed E-state index contributed by atoms with van der Waals surface area (Å²) in [7, 11) is 0. The van der Waals surface area contributed by atoms with E-state index in [1.165, 1.54) is 6.42 Å². The molecule has 18 heavy (non-hydrogen) atoms. The monoisotopic (exact) mass is 248 g/mol. The summed E-state index contributed by atoms with van der Waals surface area (Å²) in [4.78, 5) is 9.85. The fourth-order valence-corrected chi connectivity index (χ4v) is 1.51. The van der Waals surface area contributed by atoms with Crippen molar-refractivity contribution in [2.75, 3.05) is 5.48 Å². The van der Waals surface area contributed by atoms with Crippen LogP contribution in [-0.4, -0.2) is 11.1 Å². The van der Waals surface area contributed by atoms with Gasteiger partial charge in [-0.25, -0.2) is 10.5 Å². The molecule has 0 saturated heterocycles. The Bertz CT molecular complexity index is 336. The predicted octanol–water partition coefficient (Wildman–Crippen LogP) is 4.20. The van der Waals surface area contributed by atoms with Gasteiger partial charge in [-0.15, -0.1) is 0 Å². The summed E-state index contributed by atoms with van der Waals surface area (Å²) in [5, 5.41) is 0. The quantitative estimate of drug-likeness (QED) is 0.553. The molecule has 1 N–H and O–H groups in total. The highest BCUT2D eigenvalue weighted by atomic mass is 16.7. The summed E-state index contributed by atoms with van der Waals surface area (Å²) in [5.41, 5.74) is 2.92. The molecule has 1 atom stereocenters. The van der Waals surface area contributed by atoms with Gasteiger partial charge in [-0.05, 0) is 24.5 Å². The molecule has 0 unspecified atom stereocenters. The molecule has 0 fully saturated rings. The molecule has 3 heteroatoms. The van der Waals surface area contributed by atoms with Crippen molar-refractivity contribution in [2.24, 2.45) is 5.92 Å². The van der Waals surface area contributed by atoms with Crippen molar-refractivity contribution < 1.29 is 4.84 Å². The molecule has 0 spiro atoms. The Morgan fingerprint density at radius 3 is 2.78 bits per heavy atom. The largest absolute Gasteiger partial charge is 0.267 e. The van der Waals surface area contributed by atoms with Crippen molar-refractivity contribution in [3.63, 3.8) is 0 Å². The molecule has 0 amide bonds. The molecular formula is C15H24N2O. The Morgan fingerprint density at radius 1 is 1.33 bits per heavy atom. The molecule has 1 aromatic rings. The topological polar surface area (TPSA) is 34.1 Å². The second kappa shape index (κ2) is 8.70. The highest BCUT2D eigenvalue weighted by Crippen LogP contribution is 2.10. The third-order valence-electron chi connectivity index (χ3n) is 2.53. The number of unbranched alkanes of at least 4 members (excludes halogenated alkanes) is 1. The minimum Gasteiger partial charge on any atom is -0.267 e. The van der Waals surface area contributed by atoms with Crippen LogP contribution in [0, 0.1) is 5.92 Å². The van der Waals surface area contributed by atoms with Gasteiger partial charge >= 0.3 is 0 Å². The van der Waals surface area contributed by atoms with Gasteiger partial charge in [0.1, 0.15) is 11.9 Å². The van der Waals surface area contributed by atoms with E-state index in [0.29, 0.717) is 5.92 Å². The highest BCUT2D eigenvalue weighted by molar-refractivity contribution is 5.30. The average Bonchev–Trinajstić information content (AvgIpc) is 2.39. The normalized spacial score (nSPS) is 13.1. The van der Waals surface area contributed by atoms with Gasteiger partial charge in [-0.1, -0.05) is 51.8 Å². The fraction of sp³-hybridized carbons (Fsp3) is 0.533. The van der Waals surface area contributed by atoms with Gasteiger partial charge in [0.25, 0.3) is 0 Å². The van der Waals surface area contributed by atoms with Crippen molar-refractivity contribution in [2.45, 2.75) is 46.1 Å². The number of aromatic nitrogens is 1. The van der Waals surface area contributed by atoms with Gasteiger partial charge in [0.15, 0.2) is 0 Å². The molecule has 0 aliphatic heterocycles. The molecule has 1 heterocycles. The van der Waals surface area contributed by atoms with E-state index in [2.05, 4.69) is 43.4 Å². The minimum absolute atomic E-state index is 0.106. The number of pyridine rings is 1. The molecule has 0 aliphatic rings. The minimum atomic E-state index is 0.106. The maximum Gasteiger partial charge on any atom is 0.149 e. The van der Waals surface area contributed by atoms with Gasteiger partial charge in [-0.2, -0.15) is 0 Å². The number of rotatable bonds is 8. The third-order valence-corrected chi connectivity index (χ3v) is 2.53. The van der Waals surface area contributed by atoms with E-state index >= 15 is 0 Å². The zero-order valence-corrected chi connectivity index (χ0v) is 11.6. The van der Waals surface area contributed by atoms with Gasteiger partial charge < -0.3 is 0 Å². The van der Waals surface area contributed by atoms with E-state index in [-0.39, 0.29) is 6.10 Å². The lowest BCUT2D eigenvalue weighted by molar-refractivity contribution is 0.126. The van der Waals surface area contributed by atoms with Crippen molar-refractivity contribution in [1.29, 1.82) is 0 Å². The van der Waals surface area contributed by atoms with E-state index < -0.39 is 0 Å². The fourth-order valence-electron chi connectivity index (χ4n) is 1.51. The highest BCUT2D eigenvalue weighted by Gasteiger charge is 2.05. The van der Waals surface area contributed by atoms with E-state index in [0.717, 1.165) is 18.7 Å². The lowest BCUT2D eigenvalue weighted by Crippen LogP contribution is -2.15. The standard InChI is InChI=1S/C15H24N2O/c1-4-5-8-14(11-10-13(2)3)18-17-15-9-6-7-12-16-15/h6-7,9-14H,4-5,8H2,1-3H3,(H,16,17)/b11-10+/t14-/m1/s1. The second-order valence-corrected chi connectivity index (χ2v) is 4.74. The summed E-state index contributed by atoms with van der Waals surface area (Å²) in [5.74, 6) is 1.30. The molecule has 1 aromatic heterocycles. The molecular weight excluding hydrogens is 224 g/mol. The Labute approximate surface area is 110 Å². The van der Waals surface area contributed by atoms with Crippen molar-refractivity contribution in [3.05, 3.63) is 36.5 Å². The maximum absolute atomic E-state index is 5.68. The van der Waals surface area contributed by atoms with E-state index in [4.69, 9.17) is 4.84 Å². The molecule has 0 aromatic carbocycles. The number of hydrogen-bond acceptors (Lipinski definition) is 3. The van der Waals surface area contributed by atoms with Crippen molar-refractivity contribution in [3.8, 4) is 0 Å². The van der Waals surface area contributed by atoms with Crippen LogP contribution in [0.2, 0.25) is 0 Å². The van der Waals surface area contributed by atoms with Crippen LogP contribution in [0.15, 0.2) is 36.5 Å². The van der Waals surface area contributed by atoms with Crippen molar-refractivity contribution in [1.82, 2.24) is 4.98 Å². The third kappa shape index (κ3) is 6.40. The van der Waals surface area contributed by atoms with Crippen LogP contribution in [0.25, 0.3) is 0 Å². The van der Waals surface area contributed by atoms with Gasteiger partial charge in [0, 0.05) is 6.20 Å². The molecule has 1 rings (SSSR count). The zero-order valence-electron chi connectivity index (χ0n) is 11.6. The lowest BCUT2D eigenvalue weighted by Gasteiger charge is -2.14. The Hall–Kier alpha value is -1.35.